The standard InChI is InChI=1S/C15H23NOS.H3N/c1-3-5-6-7-8-9-11-16(15(17)4-2)14-10-12-18-13-14;/h4,10,12-13H,2-3,5-9,11H2,1H3;1H3. The van der Waals surface area contributed by atoms with Gasteiger partial charge in [-0.1, -0.05) is 45.6 Å². The van der Waals surface area contributed by atoms with Gasteiger partial charge in [-0.3, -0.25) is 4.79 Å². The molecule has 0 bridgehead atoms. The molecule has 1 heterocycles. The summed E-state index contributed by atoms with van der Waals surface area (Å²) in [5.74, 6) is 0.00181. The maximum absolute atomic E-state index is 11.8. The van der Waals surface area contributed by atoms with Crippen molar-refractivity contribution >= 4 is 22.9 Å². The van der Waals surface area contributed by atoms with E-state index in [4.69, 9.17) is 0 Å². The van der Waals surface area contributed by atoms with Crippen molar-refractivity contribution in [3.63, 3.8) is 0 Å². The number of hydrogen-bond donors (Lipinski definition) is 1. The molecular weight excluding hydrogens is 256 g/mol. The predicted octanol–water partition coefficient (Wildman–Crippen LogP) is 4.79. The van der Waals surface area contributed by atoms with Crippen molar-refractivity contribution < 1.29 is 4.79 Å². The molecule has 0 unspecified atom stereocenters. The first kappa shape index (κ1) is 17.9. The van der Waals surface area contributed by atoms with E-state index in [1.807, 2.05) is 21.7 Å². The Labute approximate surface area is 120 Å². The molecule has 4 heteroatoms. The lowest BCUT2D eigenvalue weighted by atomic mass is 10.1. The van der Waals surface area contributed by atoms with E-state index in [0.717, 1.165) is 18.7 Å². The average Bonchev–Trinajstić information content (AvgIpc) is 2.91. The highest BCUT2D eigenvalue weighted by Gasteiger charge is 2.12. The number of carbonyl (C=O) groups excluding carboxylic acids is 1. The van der Waals surface area contributed by atoms with Gasteiger partial charge in [-0.2, -0.15) is 11.3 Å². The number of unbranched alkanes of at least 4 members (excludes halogenated alkanes) is 5. The molecular formula is C15H26N2OS. The molecule has 1 aromatic rings. The molecule has 3 N–H and O–H groups in total. The highest BCUT2D eigenvalue weighted by Crippen LogP contribution is 2.19. The van der Waals surface area contributed by atoms with Crippen LogP contribution in [-0.2, 0) is 4.79 Å². The van der Waals surface area contributed by atoms with E-state index >= 15 is 0 Å². The van der Waals surface area contributed by atoms with Crippen molar-refractivity contribution in [1.29, 1.82) is 0 Å². The quantitative estimate of drug-likeness (QED) is 0.523. The summed E-state index contributed by atoms with van der Waals surface area (Å²) in [5, 5.41) is 4.01. The second-order valence-corrected chi connectivity index (χ2v) is 5.22. The third-order valence-electron chi connectivity index (χ3n) is 2.99. The molecule has 0 aliphatic heterocycles. The highest BCUT2D eigenvalue weighted by atomic mass is 32.1. The van der Waals surface area contributed by atoms with Gasteiger partial charge >= 0.3 is 0 Å². The van der Waals surface area contributed by atoms with Crippen LogP contribution < -0.4 is 11.1 Å². The molecule has 1 aromatic heterocycles. The van der Waals surface area contributed by atoms with E-state index in [1.165, 1.54) is 38.2 Å². The van der Waals surface area contributed by atoms with Gasteiger partial charge in [0, 0.05) is 11.9 Å². The SMILES string of the molecule is C=CC(=O)N(CCCCCCCC)c1ccsc1.N. The Morgan fingerprint density at radius 1 is 1.32 bits per heavy atom. The van der Waals surface area contributed by atoms with E-state index in [-0.39, 0.29) is 12.1 Å². The lowest BCUT2D eigenvalue weighted by Crippen LogP contribution is -2.29. The monoisotopic (exact) mass is 282 g/mol. The first-order valence-electron chi connectivity index (χ1n) is 6.75. The normalized spacial score (nSPS) is 9.74. The topological polar surface area (TPSA) is 55.3 Å². The summed E-state index contributed by atoms with van der Waals surface area (Å²) in [6.45, 7) is 6.59. The lowest BCUT2D eigenvalue weighted by Gasteiger charge is -2.19. The van der Waals surface area contributed by atoms with Gasteiger partial charge in [-0.25, -0.2) is 0 Å². The number of thiophene rings is 1. The Morgan fingerprint density at radius 3 is 2.58 bits per heavy atom. The maximum Gasteiger partial charge on any atom is 0.250 e. The second-order valence-electron chi connectivity index (χ2n) is 4.44. The summed E-state index contributed by atoms with van der Waals surface area (Å²) in [6.07, 6.45) is 8.84. The second kappa shape index (κ2) is 10.8. The molecule has 1 rings (SSSR count). The van der Waals surface area contributed by atoms with Gasteiger partial charge in [0.1, 0.15) is 0 Å². The Morgan fingerprint density at radius 2 is 2.00 bits per heavy atom. The summed E-state index contributed by atoms with van der Waals surface area (Å²) in [4.78, 5) is 13.6. The molecule has 0 aliphatic carbocycles. The van der Waals surface area contributed by atoms with Crippen molar-refractivity contribution in [3.8, 4) is 0 Å². The van der Waals surface area contributed by atoms with Gasteiger partial charge in [0.05, 0.1) is 5.69 Å². The third-order valence-corrected chi connectivity index (χ3v) is 3.66. The van der Waals surface area contributed by atoms with Gasteiger partial charge < -0.3 is 11.1 Å². The predicted molar refractivity (Wildman–Crippen MR) is 85.3 cm³/mol. The first-order chi connectivity index (χ1) is 8.79. The third kappa shape index (κ3) is 6.55. The maximum atomic E-state index is 11.8. The van der Waals surface area contributed by atoms with Gasteiger partial charge in [0.2, 0.25) is 5.91 Å². The zero-order chi connectivity index (χ0) is 13.2. The Hall–Kier alpha value is -1.13. The molecule has 0 atom stereocenters. The largest absolute Gasteiger partial charge is 0.344 e. The van der Waals surface area contributed by atoms with E-state index in [9.17, 15) is 4.79 Å². The van der Waals surface area contributed by atoms with Gasteiger partial charge in [0.25, 0.3) is 0 Å². The van der Waals surface area contributed by atoms with Crippen LogP contribution in [0.5, 0.6) is 0 Å². The van der Waals surface area contributed by atoms with E-state index in [0.29, 0.717) is 0 Å². The fourth-order valence-electron chi connectivity index (χ4n) is 1.94. The first-order valence-corrected chi connectivity index (χ1v) is 7.70. The van der Waals surface area contributed by atoms with E-state index < -0.39 is 0 Å². The smallest absolute Gasteiger partial charge is 0.250 e. The summed E-state index contributed by atoms with van der Waals surface area (Å²) < 4.78 is 0. The van der Waals surface area contributed by atoms with Crippen LogP contribution in [0.25, 0.3) is 0 Å². The average molecular weight is 282 g/mol. The van der Waals surface area contributed by atoms with Gasteiger partial charge in [-0.05, 0) is 23.9 Å². The van der Waals surface area contributed by atoms with Crippen LogP contribution >= 0.6 is 11.3 Å². The zero-order valence-electron chi connectivity index (χ0n) is 11.9. The number of amides is 1. The summed E-state index contributed by atoms with van der Waals surface area (Å²) in [7, 11) is 0. The van der Waals surface area contributed by atoms with Crippen molar-refractivity contribution in [1.82, 2.24) is 6.15 Å². The number of rotatable bonds is 9. The Kier molecular flexibility index (Phi) is 10.1. The number of nitrogens with zero attached hydrogens (tertiary/aromatic N) is 1. The molecule has 19 heavy (non-hydrogen) atoms. The number of hydrogen-bond acceptors (Lipinski definition) is 3. The highest BCUT2D eigenvalue weighted by molar-refractivity contribution is 7.08. The Bertz CT molecular complexity index is 349. The molecule has 1 amide bonds. The fraction of sp³-hybridized carbons (Fsp3) is 0.533. The molecule has 0 spiro atoms. The number of carbonyl (C=O) groups is 1. The summed E-state index contributed by atoms with van der Waals surface area (Å²) >= 11 is 1.62. The summed E-state index contributed by atoms with van der Waals surface area (Å²) in [5.41, 5.74) is 0.999. The molecule has 108 valence electrons. The van der Waals surface area contributed by atoms with E-state index in [1.54, 1.807) is 11.3 Å². The fourth-order valence-corrected chi connectivity index (χ4v) is 2.58. The molecule has 0 saturated carbocycles. The van der Waals surface area contributed by atoms with Gasteiger partial charge in [0.15, 0.2) is 0 Å². The molecule has 0 saturated heterocycles. The lowest BCUT2D eigenvalue weighted by molar-refractivity contribution is -0.114. The minimum absolute atomic E-state index is 0. The van der Waals surface area contributed by atoms with Gasteiger partial charge in [-0.15, -0.1) is 0 Å². The van der Waals surface area contributed by atoms with Crippen LogP contribution in [0.4, 0.5) is 5.69 Å². The molecule has 3 nitrogen and oxygen atoms in total. The van der Waals surface area contributed by atoms with Crippen LogP contribution in [0.2, 0.25) is 0 Å². The van der Waals surface area contributed by atoms with Crippen LogP contribution in [0.15, 0.2) is 29.5 Å². The molecule has 0 aliphatic rings. The number of anilines is 1. The van der Waals surface area contributed by atoms with E-state index in [2.05, 4.69) is 13.5 Å². The van der Waals surface area contributed by atoms with Crippen LogP contribution in [0.1, 0.15) is 45.4 Å². The minimum Gasteiger partial charge on any atom is -0.344 e. The van der Waals surface area contributed by atoms with Crippen LogP contribution in [0.3, 0.4) is 0 Å². The van der Waals surface area contributed by atoms with Crippen molar-refractivity contribution in [2.75, 3.05) is 11.4 Å². The Balaban J connectivity index is 0.00000324. The molecule has 0 fully saturated rings. The van der Waals surface area contributed by atoms with Crippen molar-refractivity contribution in [2.45, 2.75) is 45.4 Å². The van der Waals surface area contributed by atoms with Crippen molar-refractivity contribution in [3.05, 3.63) is 29.5 Å². The van der Waals surface area contributed by atoms with Crippen molar-refractivity contribution in [2.24, 2.45) is 0 Å². The van der Waals surface area contributed by atoms with Crippen LogP contribution in [-0.4, -0.2) is 12.5 Å². The van der Waals surface area contributed by atoms with Crippen LogP contribution in [0, 0.1) is 0 Å². The zero-order valence-corrected chi connectivity index (χ0v) is 12.8. The summed E-state index contributed by atoms with van der Waals surface area (Å²) in [6, 6.07) is 1.99. The minimum atomic E-state index is 0. The molecule has 0 aromatic carbocycles. The molecule has 0 radical (unpaired) electrons.